The first kappa shape index (κ1) is 12.0. The second kappa shape index (κ2) is 5.12. The minimum absolute atomic E-state index is 0.109. The summed E-state index contributed by atoms with van der Waals surface area (Å²) in [4.78, 5) is 10.2. The highest BCUT2D eigenvalue weighted by Crippen LogP contribution is 2.24. The summed E-state index contributed by atoms with van der Waals surface area (Å²) in [5, 5.41) is 11.2. The third-order valence-electron chi connectivity index (χ3n) is 2.23. The predicted octanol–water partition coefficient (Wildman–Crippen LogP) is 3.84. The van der Waals surface area contributed by atoms with Crippen LogP contribution in [0.25, 0.3) is 0 Å². The molecule has 0 atom stereocenters. The molecule has 0 saturated heterocycles. The van der Waals surface area contributed by atoms with E-state index in [9.17, 15) is 10.1 Å². The average Bonchev–Trinajstić information content (AvgIpc) is 2.16. The van der Waals surface area contributed by atoms with E-state index < -0.39 is 4.92 Å². The van der Waals surface area contributed by atoms with E-state index >= 15 is 0 Å². The van der Waals surface area contributed by atoms with Gasteiger partial charge in [-0.2, -0.15) is 0 Å². The molecule has 0 heterocycles. The Morgan fingerprint density at radius 3 is 2.67 bits per heavy atom. The maximum absolute atomic E-state index is 10.6. The van der Waals surface area contributed by atoms with Crippen molar-refractivity contribution in [2.75, 3.05) is 0 Å². The van der Waals surface area contributed by atoms with E-state index in [4.69, 9.17) is 11.6 Å². The van der Waals surface area contributed by atoms with Crippen molar-refractivity contribution in [3.63, 3.8) is 0 Å². The van der Waals surface area contributed by atoms with Crippen molar-refractivity contribution >= 4 is 17.3 Å². The number of hydrogen-bond acceptors (Lipinski definition) is 2. The Morgan fingerprint density at radius 2 is 2.13 bits per heavy atom. The van der Waals surface area contributed by atoms with E-state index in [1.807, 2.05) is 0 Å². The Balaban J connectivity index is 2.85. The largest absolute Gasteiger partial charge is 0.269 e. The fourth-order valence-electron chi connectivity index (χ4n) is 1.31. The highest BCUT2D eigenvalue weighted by Gasteiger charge is 2.09. The van der Waals surface area contributed by atoms with Gasteiger partial charge >= 0.3 is 0 Å². The van der Waals surface area contributed by atoms with Crippen LogP contribution in [0.15, 0.2) is 18.2 Å². The Morgan fingerprint density at radius 1 is 1.47 bits per heavy atom. The molecule has 0 spiro atoms. The fourth-order valence-corrected chi connectivity index (χ4v) is 1.52. The lowest BCUT2D eigenvalue weighted by Gasteiger charge is -2.06. The van der Waals surface area contributed by atoms with Crippen molar-refractivity contribution < 1.29 is 4.92 Å². The smallest absolute Gasteiger partial charge is 0.258 e. The molecule has 0 amide bonds. The third-order valence-corrected chi connectivity index (χ3v) is 2.60. The number of rotatable bonds is 4. The van der Waals surface area contributed by atoms with E-state index in [0.717, 1.165) is 18.4 Å². The molecule has 15 heavy (non-hydrogen) atoms. The number of non-ortho nitro benzene ring substituents is 1. The zero-order chi connectivity index (χ0) is 11.4. The van der Waals surface area contributed by atoms with Crippen LogP contribution in [0.1, 0.15) is 25.8 Å². The molecule has 82 valence electrons. The van der Waals surface area contributed by atoms with Gasteiger partial charge in [-0.3, -0.25) is 10.1 Å². The van der Waals surface area contributed by atoms with Crippen LogP contribution in [0.2, 0.25) is 5.02 Å². The molecule has 0 aromatic heterocycles. The van der Waals surface area contributed by atoms with Gasteiger partial charge in [-0.05, 0) is 30.4 Å². The first-order valence-corrected chi connectivity index (χ1v) is 5.31. The van der Waals surface area contributed by atoms with Gasteiger partial charge < -0.3 is 0 Å². The molecule has 0 aliphatic carbocycles. The van der Waals surface area contributed by atoms with Gasteiger partial charge in [0, 0.05) is 17.2 Å². The molecule has 0 aliphatic heterocycles. The number of aryl methyl sites for hydroxylation is 1. The molecule has 0 fully saturated rings. The third kappa shape index (κ3) is 3.51. The number of halogens is 1. The number of nitrogens with zero attached hydrogens (tertiary/aromatic N) is 1. The van der Waals surface area contributed by atoms with Crippen LogP contribution in [0.5, 0.6) is 0 Å². The second-order valence-electron chi connectivity index (χ2n) is 3.97. The van der Waals surface area contributed by atoms with E-state index in [2.05, 4.69) is 13.8 Å². The summed E-state index contributed by atoms with van der Waals surface area (Å²) in [7, 11) is 0. The normalized spacial score (nSPS) is 10.7. The van der Waals surface area contributed by atoms with Crippen LogP contribution in [0.3, 0.4) is 0 Å². The highest BCUT2D eigenvalue weighted by molar-refractivity contribution is 6.31. The van der Waals surface area contributed by atoms with Gasteiger partial charge in [0.05, 0.1) is 4.92 Å². The van der Waals surface area contributed by atoms with Gasteiger partial charge in [0.25, 0.3) is 5.69 Å². The summed E-state index contributed by atoms with van der Waals surface area (Å²) in [6, 6.07) is 4.58. The summed E-state index contributed by atoms with van der Waals surface area (Å²) in [6.45, 7) is 4.23. The first-order chi connectivity index (χ1) is 7.00. The summed E-state index contributed by atoms with van der Waals surface area (Å²) in [5.41, 5.74) is 0.970. The van der Waals surface area contributed by atoms with Gasteiger partial charge in [-0.1, -0.05) is 25.4 Å². The monoisotopic (exact) mass is 227 g/mol. The summed E-state index contributed by atoms with van der Waals surface area (Å²) >= 11 is 5.96. The Bertz CT molecular complexity index is 364. The van der Waals surface area contributed by atoms with E-state index in [1.54, 1.807) is 12.1 Å². The van der Waals surface area contributed by atoms with Gasteiger partial charge in [0.2, 0.25) is 0 Å². The van der Waals surface area contributed by atoms with Crippen LogP contribution in [0.4, 0.5) is 5.69 Å². The summed E-state index contributed by atoms with van der Waals surface area (Å²) < 4.78 is 0. The maximum Gasteiger partial charge on any atom is 0.269 e. The fraction of sp³-hybridized carbons (Fsp3) is 0.455. The van der Waals surface area contributed by atoms with Crippen LogP contribution in [-0.2, 0) is 6.42 Å². The quantitative estimate of drug-likeness (QED) is 0.580. The van der Waals surface area contributed by atoms with E-state index in [-0.39, 0.29) is 5.69 Å². The van der Waals surface area contributed by atoms with Gasteiger partial charge in [0.15, 0.2) is 0 Å². The molecule has 4 heteroatoms. The van der Waals surface area contributed by atoms with Crippen molar-refractivity contribution in [3.05, 3.63) is 38.9 Å². The topological polar surface area (TPSA) is 43.1 Å². The van der Waals surface area contributed by atoms with Crippen molar-refractivity contribution in [2.45, 2.75) is 26.7 Å². The second-order valence-corrected chi connectivity index (χ2v) is 4.37. The van der Waals surface area contributed by atoms with E-state index in [0.29, 0.717) is 10.9 Å². The molecule has 1 aromatic rings. The van der Waals surface area contributed by atoms with Crippen LogP contribution in [-0.4, -0.2) is 4.92 Å². The van der Waals surface area contributed by atoms with Crippen molar-refractivity contribution in [3.8, 4) is 0 Å². The lowest BCUT2D eigenvalue weighted by molar-refractivity contribution is -0.384. The molecular formula is C11H14ClNO2. The van der Waals surface area contributed by atoms with E-state index in [1.165, 1.54) is 6.07 Å². The Hall–Kier alpha value is -1.09. The predicted molar refractivity (Wildman–Crippen MR) is 61.3 cm³/mol. The maximum atomic E-state index is 10.6. The van der Waals surface area contributed by atoms with Crippen molar-refractivity contribution in [1.82, 2.24) is 0 Å². The zero-order valence-electron chi connectivity index (χ0n) is 8.87. The molecule has 0 bridgehead atoms. The van der Waals surface area contributed by atoms with Gasteiger partial charge in [-0.25, -0.2) is 0 Å². The number of hydrogen-bond donors (Lipinski definition) is 0. The van der Waals surface area contributed by atoms with Gasteiger partial charge in [-0.15, -0.1) is 0 Å². The number of nitro benzene ring substituents is 1. The number of nitro groups is 1. The average molecular weight is 228 g/mol. The SMILES string of the molecule is CC(C)CCc1cc([N+](=O)[O-])ccc1Cl. The molecular weight excluding hydrogens is 214 g/mol. The Kier molecular flexibility index (Phi) is 4.09. The summed E-state index contributed by atoms with van der Waals surface area (Å²) in [6.07, 6.45) is 1.78. The molecule has 1 aromatic carbocycles. The molecule has 0 saturated carbocycles. The molecule has 0 aliphatic rings. The van der Waals surface area contributed by atoms with Crippen LogP contribution < -0.4 is 0 Å². The molecule has 1 rings (SSSR count). The Labute approximate surface area is 94.2 Å². The van der Waals surface area contributed by atoms with Crippen molar-refractivity contribution in [1.29, 1.82) is 0 Å². The zero-order valence-corrected chi connectivity index (χ0v) is 9.62. The molecule has 0 radical (unpaired) electrons. The standard InChI is InChI=1S/C11H14ClNO2/c1-8(2)3-4-9-7-10(13(14)15)5-6-11(9)12/h5-8H,3-4H2,1-2H3. The van der Waals surface area contributed by atoms with Gasteiger partial charge in [0.1, 0.15) is 0 Å². The van der Waals surface area contributed by atoms with Crippen molar-refractivity contribution in [2.24, 2.45) is 5.92 Å². The summed E-state index contributed by atoms with van der Waals surface area (Å²) in [5.74, 6) is 0.570. The minimum Gasteiger partial charge on any atom is -0.258 e. The lowest BCUT2D eigenvalue weighted by Crippen LogP contribution is -1.95. The van der Waals surface area contributed by atoms with Crippen LogP contribution in [0, 0.1) is 16.0 Å². The molecule has 0 N–H and O–H groups in total. The highest BCUT2D eigenvalue weighted by atomic mass is 35.5. The lowest BCUT2D eigenvalue weighted by atomic mass is 10.0. The number of benzene rings is 1. The molecule has 3 nitrogen and oxygen atoms in total. The minimum atomic E-state index is -0.394. The first-order valence-electron chi connectivity index (χ1n) is 4.93. The molecule has 0 unspecified atom stereocenters. The van der Waals surface area contributed by atoms with Crippen LogP contribution >= 0.6 is 11.6 Å².